The number of unbranched alkanes of at least 4 members (excludes halogenated alkanes) is 24. The Morgan fingerprint density at radius 3 is 1.45 bits per heavy atom. The maximum atomic E-state index is 13.5. The smallest absolute Gasteiger partial charge is 0.306 e. The summed E-state index contributed by atoms with van der Waals surface area (Å²) < 4.78 is 30.2. The van der Waals surface area contributed by atoms with Crippen LogP contribution >= 0.6 is 7.82 Å². The van der Waals surface area contributed by atoms with Gasteiger partial charge in [0.1, 0.15) is 19.3 Å². The molecule has 0 aliphatic carbocycles. The van der Waals surface area contributed by atoms with E-state index < -0.39 is 26.6 Å². The highest BCUT2D eigenvalue weighted by atomic mass is 31.2. The molecule has 0 heterocycles. The van der Waals surface area contributed by atoms with Gasteiger partial charge in [0.25, 0.3) is 7.82 Å². The lowest BCUT2D eigenvalue weighted by molar-refractivity contribution is -0.870. The minimum absolute atomic E-state index is 0.0330. The van der Waals surface area contributed by atoms with Gasteiger partial charge in [0.15, 0.2) is 0 Å². The van der Waals surface area contributed by atoms with Crippen molar-refractivity contribution in [2.24, 2.45) is 0 Å². The Hall–Kier alpha value is -3.07. The SMILES string of the molecule is CC/C=C/C=C/C=C\CCCCCCCC(=O)OC(/C=C\CCCCCCCCCCC)C(COP(=O)([O-])OCC[N+](C)(C)C)NC(=O)CCCCCCCCC/C=C\C/C=C\C/C=C\C/C=C\CCCCC. The zero-order valence-corrected chi connectivity index (χ0v) is 48.7. The number of rotatable bonds is 52. The summed E-state index contributed by atoms with van der Waals surface area (Å²) in [5, 5.41) is 3.01. The van der Waals surface area contributed by atoms with Crippen LogP contribution in [0.15, 0.2) is 97.2 Å². The van der Waals surface area contributed by atoms with E-state index in [4.69, 9.17) is 13.8 Å². The number of phosphoric acid groups is 1. The van der Waals surface area contributed by atoms with E-state index in [2.05, 4.69) is 105 Å². The molecule has 0 saturated carbocycles. The Labute approximate surface area is 449 Å². The fraction of sp³-hybridized carbons (Fsp3) is 0.714. The third kappa shape index (κ3) is 53.6. The summed E-state index contributed by atoms with van der Waals surface area (Å²) in [6.07, 6.45) is 69.5. The monoisotopic (exact) mass is 1040 g/mol. The molecule has 9 nitrogen and oxygen atoms in total. The zero-order chi connectivity index (χ0) is 53.6. The molecule has 0 aromatic heterocycles. The Balaban J connectivity index is 5.24. The lowest BCUT2D eigenvalue weighted by Gasteiger charge is -2.30. The molecule has 0 aliphatic heterocycles. The molecule has 0 aromatic rings. The predicted molar refractivity (Wildman–Crippen MR) is 311 cm³/mol. The molecule has 0 fully saturated rings. The quantitative estimate of drug-likeness (QED) is 0.0161. The van der Waals surface area contributed by atoms with Crippen molar-refractivity contribution < 1.29 is 37.3 Å². The standard InChI is InChI=1S/C63H111N2O7P/c1-7-10-13-16-19-22-25-27-28-29-30-31-32-33-34-35-36-38-40-43-46-49-52-55-62(66)64-60(59-71-73(68,69)70-58-57-65(4,5)6)61(54-51-48-45-42-39-24-21-18-15-12-9-3)72-63(67)56-53-50-47-44-41-37-26-23-20-17-14-11-8-2/h11,14,17,19-20,22-23,26-28,30-31,33-34,51,54,60-61H,7-10,12-13,15-16,18,21,24-25,29,32,35-50,52-53,55-59H2,1-6H3,(H-,64,66,68,69)/b14-11+,20-17+,22-19-,26-23-,28-27-,31-30-,34-33-,54-51-. The molecule has 0 spiro atoms. The molecule has 0 aliphatic rings. The van der Waals surface area contributed by atoms with Crippen molar-refractivity contribution in [1.82, 2.24) is 5.32 Å². The highest BCUT2D eigenvalue weighted by Gasteiger charge is 2.27. The van der Waals surface area contributed by atoms with Crippen molar-refractivity contribution >= 4 is 19.7 Å². The van der Waals surface area contributed by atoms with Crippen molar-refractivity contribution in [3.63, 3.8) is 0 Å². The van der Waals surface area contributed by atoms with Crippen molar-refractivity contribution in [1.29, 1.82) is 0 Å². The van der Waals surface area contributed by atoms with Crippen LogP contribution in [0.2, 0.25) is 0 Å². The molecule has 10 heteroatoms. The Kier molecular flexibility index (Phi) is 50.2. The van der Waals surface area contributed by atoms with Crippen LogP contribution in [0.3, 0.4) is 0 Å². The lowest BCUT2D eigenvalue weighted by atomic mass is 10.1. The summed E-state index contributed by atoms with van der Waals surface area (Å²) in [6, 6.07) is -0.907. The van der Waals surface area contributed by atoms with Crippen molar-refractivity contribution in [3.05, 3.63) is 97.2 Å². The third-order valence-electron chi connectivity index (χ3n) is 12.6. The number of allylic oxidation sites excluding steroid dienone is 15. The number of phosphoric ester groups is 1. The molecule has 3 unspecified atom stereocenters. The van der Waals surface area contributed by atoms with Gasteiger partial charge in [-0.05, 0) is 96.0 Å². The molecule has 0 saturated heterocycles. The van der Waals surface area contributed by atoms with Crippen molar-refractivity contribution in [2.45, 2.75) is 251 Å². The summed E-state index contributed by atoms with van der Waals surface area (Å²) in [7, 11) is 1.15. The van der Waals surface area contributed by atoms with E-state index in [1.165, 1.54) is 89.9 Å². The van der Waals surface area contributed by atoms with E-state index in [0.29, 0.717) is 23.9 Å². The first-order valence-corrected chi connectivity index (χ1v) is 31.0. The molecule has 0 bridgehead atoms. The summed E-state index contributed by atoms with van der Waals surface area (Å²) >= 11 is 0. The van der Waals surface area contributed by atoms with Gasteiger partial charge in [0.05, 0.1) is 33.8 Å². The number of hydrogen-bond acceptors (Lipinski definition) is 7. The van der Waals surface area contributed by atoms with Crippen molar-refractivity contribution in [3.8, 4) is 0 Å². The molecule has 3 atom stereocenters. The van der Waals surface area contributed by atoms with Crippen LogP contribution < -0.4 is 10.2 Å². The summed E-state index contributed by atoms with van der Waals surface area (Å²) in [5.41, 5.74) is 0. The minimum Gasteiger partial charge on any atom is -0.756 e. The molecule has 1 N–H and O–H groups in total. The van der Waals surface area contributed by atoms with E-state index in [9.17, 15) is 19.0 Å². The third-order valence-corrected chi connectivity index (χ3v) is 13.5. The van der Waals surface area contributed by atoms with Crippen LogP contribution in [0.4, 0.5) is 0 Å². The number of amides is 1. The summed E-state index contributed by atoms with van der Waals surface area (Å²) in [6.45, 7) is 6.63. The van der Waals surface area contributed by atoms with Gasteiger partial charge < -0.3 is 28.5 Å². The van der Waals surface area contributed by atoms with Crippen molar-refractivity contribution in [2.75, 3.05) is 40.9 Å². The number of carbonyl (C=O) groups is 2. The molecule has 73 heavy (non-hydrogen) atoms. The van der Waals surface area contributed by atoms with E-state index in [0.717, 1.165) is 109 Å². The number of esters is 1. The van der Waals surface area contributed by atoms with E-state index in [-0.39, 0.29) is 24.9 Å². The predicted octanol–water partition coefficient (Wildman–Crippen LogP) is 17.4. The topological polar surface area (TPSA) is 114 Å². The van der Waals surface area contributed by atoms with E-state index in [1.807, 2.05) is 39.4 Å². The number of quaternary nitrogens is 1. The fourth-order valence-electron chi connectivity index (χ4n) is 7.97. The maximum Gasteiger partial charge on any atom is 0.306 e. The first kappa shape index (κ1) is 69.9. The second-order valence-corrected chi connectivity index (χ2v) is 22.2. The average molecular weight is 1040 g/mol. The van der Waals surface area contributed by atoms with Crippen LogP contribution in [-0.4, -0.2) is 69.4 Å². The van der Waals surface area contributed by atoms with E-state index in [1.54, 1.807) is 0 Å². The van der Waals surface area contributed by atoms with Crippen LogP contribution in [0.25, 0.3) is 0 Å². The largest absolute Gasteiger partial charge is 0.756 e. The van der Waals surface area contributed by atoms with Gasteiger partial charge in [-0.3, -0.25) is 14.2 Å². The number of likely N-dealkylation sites (N-methyl/N-ethyl adjacent to an activating group) is 1. The highest BCUT2D eigenvalue weighted by molar-refractivity contribution is 7.45. The minimum atomic E-state index is -4.71. The Bertz CT molecular complexity index is 1570. The molecule has 420 valence electrons. The van der Waals surface area contributed by atoms with Gasteiger partial charge in [-0.2, -0.15) is 0 Å². The van der Waals surface area contributed by atoms with Crippen LogP contribution in [0.5, 0.6) is 0 Å². The van der Waals surface area contributed by atoms with Gasteiger partial charge in [0, 0.05) is 12.8 Å². The number of ether oxygens (including phenoxy) is 1. The Morgan fingerprint density at radius 2 is 0.932 bits per heavy atom. The molecular weight excluding hydrogens is 928 g/mol. The number of carbonyl (C=O) groups excluding carboxylic acids is 2. The van der Waals surface area contributed by atoms with Crippen LogP contribution in [0.1, 0.15) is 239 Å². The lowest BCUT2D eigenvalue weighted by Crippen LogP contribution is -2.47. The summed E-state index contributed by atoms with van der Waals surface area (Å²) in [4.78, 5) is 39.8. The maximum absolute atomic E-state index is 13.5. The first-order valence-electron chi connectivity index (χ1n) is 29.6. The highest BCUT2D eigenvalue weighted by Crippen LogP contribution is 2.38. The zero-order valence-electron chi connectivity index (χ0n) is 47.8. The second-order valence-electron chi connectivity index (χ2n) is 20.8. The normalized spacial score (nSPS) is 14.5. The molecule has 0 rings (SSSR count). The second kappa shape index (κ2) is 52.4. The number of nitrogens with zero attached hydrogens (tertiary/aromatic N) is 1. The van der Waals surface area contributed by atoms with Crippen LogP contribution in [0, 0.1) is 0 Å². The first-order chi connectivity index (χ1) is 35.4. The summed E-state index contributed by atoms with van der Waals surface area (Å²) in [5.74, 6) is -0.584. The van der Waals surface area contributed by atoms with Gasteiger partial charge >= 0.3 is 5.97 Å². The fourth-order valence-corrected chi connectivity index (χ4v) is 8.70. The average Bonchev–Trinajstić information content (AvgIpc) is 3.35. The van der Waals surface area contributed by atoms with Gasteiger partial charge in [0.2, 0.25) is 5.91 Å². The molecule has 0 radical (unpaired) electrons. The molecule has 0 aromatic carbocycles. The van der Waals surface area contributed by atoms with E-state index >= 15 is 0 Å². The Morgan fingerprint density at radius 1 is 0.507 bits per heavy atom. The number of nitrogens with one attached hydrogen (secondary N) is 1. The van der Waals surface area contributed by atoms with Gasteiger partial charge in [-0.15, -0.1) is 0 Å². The van der Waals surface area contributed by atoms with Gasteiger partial charge in [-0.1, -0.05) is 227 Å². The molecule has 1 amide bonds. The van der Waals surface area contributed by atoms with Gasteiger partial charge in [-0.25, -0.2) is 0 Å². The van der Waals surface area contributed by atoms with Crippen LogP contribution in [-0.2, 0) is 27.9 Å². The molecular formula is C63H111N2O7P. The number of hydrogen-bond donors (Lipinski definition) is 1.